The SMILES string of the molecule is CS(=O)(=O)c1ccccc1CC(=O)NC1CCCC1. The monoisotopic (exact) mass is 281 g/mol. The van der Waals surface area contributed by atoms with Crippen molar-refractivity contribution in [3.8, 4) is 0 Å². The van der Waals surface area contributed by atoms with Crippen LogP contribution in [0.3, 0.4) is 0 Å². The molecule has 0 heterocycles. The molecule has 104 valence electrons. The number of hydrogen-bond donors (Lipinski definition) is 1. The number of benzene rings is 1. The molecule has 1 saturated carbocycles. The Morgan fingerprint density at radius 2 is 1.89 bits per heavy atom. The van der Waals surface area contributed by atoms with Gasteiger partial charge in [0, 0.05) is 12.3 Å². The quantitative estimate of drug-likeness (QED) is 0.913. The third-order valence-corrected chi connectivity index (χ3v) is 4.64. The van der Waals surface area contributed by atoms with E-state index in [1.54, 1.807) is 24.3 Å². The fourth-order valence-electron chi connectivity index (χ4n) is 2.53. The molecule has 0 saturated heterocycles. The third-order valence-electron chi connectivity index (χ3n) is 3.44. The molecule has 0 aromatic heterocycles. The molecule has 2 rings (SSSR count). The normalized spacial score (nSPS) is 16.5. The van der Waals surface area contributed by atoms with Crippen molar-refractivity contribution < 1.29 is 13.2 Å². The first-order valence-corrected chi connectivity index (χ1v) is 8.43. The highest BCUT2D eigenvalue weighted by Gasteiger charge is 2.19. The maximum absolute atomic E-state index is 11.9. The third kappa shape index (κ3) is 3.80. The second kappa shape index (κ2) is 5.74. The number of hydrogen-bond acceptors (Lipinski definition) is 3. The average molecular weight is 281 g/mol. The summed E-state index contributed by atoms with van der Waals surface area (Å²) in [5.74, 6) is -0.0944. The summed E-state index contributed by atoms with van der Waals surface area (Å²) in [4.78, 5) is 12.2. The van der Waals surface area contributed by atoms with Gasteiger partial charge in [-0.3, -0.25) is 4.79 Å². The molecule has 0 radical (unpaired) electrons. The Bertz CT molecular complexity index is 560. The molecule has 0 atom stereocenters. The molecular weight excluding hydrogens is 262 g/mol. The largest absolute Gasteiger partial charge is 0.353 e. The van der Waals surface area contributed by atoms with Crippen LogP contribution in [0.2, 0.25) is 0 Å². The van der Waals surface area contributed by atoms with Gasteiger partial charge < -0.3 is 5.32 Å². The van der Waals surface area contributed by atoms with Crippen LogP contribution in [0, 0.1) is 0 Å². The van der Waals surface area contributed by atoms with E-state index in [4.69, 9.17) is 0 Å². The van der Waals surface area contributed by atoms with Crippen LogP contribution in [0.5, 0.6) is 0 Å². The van der Waals surface area contributed by atoms with Crippen LogP contribution in [0.15, 0.2) is 29.2 Å². The van der Waals surface area contributed by atoms with E-state index < -0.39 is 9.84 Å². The van der Waals surface area contributed by atoms with E-state index in [1.807, 2.05) is 0 Å². The van der Waals surface area contributed by atoms with Gasteiger partial charge in [0.2, 0.25) is 5.91 Å². The predicted octanol–water partition coefficient (Wildman–Crippen LogP) is 1.69. The standard InChI is InChI=1S/C14H19NO3S/c1-19(17,18)13-9-5-2-6-11(13)10-14(16)15-12-7-3-4-8-12/h2,5-6,9,12H,3-4,7-8,10H2,1H3,(H,15,16). The van der Waals surface area contributed by atoms with Crippen LogP contribution in [-0.2, 0) is 21.1 Å². The van der Waals surface area contributed by atoms with E-state index in [0.717, 1.165) is 25.7 Å². The topological polar surface area (TPSA) is 63.2 Å². The lowest BCUT2D eigenvalue weighted by molar-refractivity contribution is -0.121. The van der Waals surface area contributed by atoms with E-state index in [1.165, 1.54) is 6.26 Å². The second-order valence-electron chi connectivity index (χ2n) is 5.11. The van der Waals surface area contributed by atoms with Gasteiger partial charge in [-0.2, -0.15) is 0 Å². The fourth-order valence-corrected chi connectivity index (χ4v) is 3.48. The highest BCUT2D eigenvalue weighted by Crippen LogP contribution is 2.19. The highest BCUT2D eigenvalue weighted by atomic mass is 32.2. The molecule has 1 fully saturated rings. The molecule has 0 unspecified atom stereocenters. The predicted molar refractivity (Wildman–Crippen MR) is 73.7 cm³/mol. The van der Waals surface area contributed by atoms with Crippen molar-refractivity contribution in [2.45, 2.75) is 43.0 Å². The van der Waals surface area contributed by atoms with Gasteiger partial charge in [0.25, 0.3) is 0 Å². The summed E-state index contributed by atoms with van der Waals surface area (Å²) in [5.41, 5.74) is 0.570. The summed E-state index contributed by atoms with van der Waals surface area (Å²) in [6.07, 6.45) is 5.66. The van der Waals surface area contributed by atoms with Gasteiger partial charge in [-0.25, -0.2) is 8.42 Å². The minimum atomic E-state index is -3.29. The van der Waals surface area contributed by atoms with Gasteiger partial charge in [-0.15, -0.1) is 0 Å². The Hall–Kier alpha value is -1.36. The molecule has 1 N–H and O–H groups in total. The van der Waals surface area contributed by atoms with E-state index in [2.05, 4.69) is 5.32 Å². The zero-order chi connectivity index (χ0) is 13.9. The summed E-state index contributed by atoms with van der Waals surface area (Å²) in [5, 5.41) is 2.97. The summed E-state index contributed by atoms with van der Waals surface area (Å²) in [6.45, 7) is 0. The zero-order valence-electron chi connectivity index (χ0n) is 11.1. The van der Waals surface area contributed by atoms with E-state index in [9.17, 15) is 13.2 Å². The van der Waals surface area contributed by atoms with Crippen molar-refractivity contribution in [2.24, 2.45) is 0 Å². The maximum Gasteiger partial charge on any atom is 0.224 e. The van der Waals surface area contributed by atoms with Crippen molar-refractivity contribution in [1.29, 1.82) is 0 Å². The Morgan fingerprint density at radius 3 is 2.53 bits per heavy atom. The number of rotatable bonds is 4. The molecule has 19 heavy (non-hydrogen) atoms. The first-order valence-electron chi connectivity index (χ1n) is 6.54. The summed E-state index contributed by atoms with van der Waals surface area (Å²) in [6, 6.07) is 6.94. The first kappa shape index (κ1) is 14.1. The molecule has 1 aromatic rings. The Kier molecular flexibility index (Phi) is 4.24. The average Bonchev–Trinajstić information content (AvgIpc) is 2.81. The van der Waals surface area contributed by atoms with Gasteiger partial charge in [0.15, 0.2) is 9.84 Å². The summed E-state index contributed by atoms with van der Waals surface area (Å²) >= 11 is 0. The molecule has 1 aromatic carbocycles. The van der Waals surface area contributed by atoms with Gasteiger partial charge in [0.1, 0.15) is 0 Å². The van der Waals surface area contributed by atoms with E-state index >= 15 is 0 Å². The number of carbonyl (C=O) groups is 1. The molecule has 1 amide bonds. The van der Waals surface area contributed by atoms with Gasteiger partial charge in [-0.1, -0.05) is 31.0 Å². The molecule has 5 heteroatoms. The minimum Gasteiger partial charge on any atom is -0.353 e. The number of amides is 1. The Morgan fingerprint density at radius 1 is 1.26 bits per heavy atom. The van der Waals surface area contributed by atoms with Crippen molar-refractivity contribution in [3.05, 3.63) is 29.8 Å². The first-order chi connectivity index (χ1) is 8.97. The summed E-state index contributed by atoms with van der Waals surface area (Å²) < 4.78 is 23.3. The minimum absolute atomic E-state index is 0.0944. The van der Waals surface area contributed by atoms with E-state index in [-0.39, 0.29) is 23.3 Å². The molecule has 0 bridgehead atoms. The Balaban J connectivity index is 2.08. The van der Waals surface area contributed by atoms with Crippen LogP contribution in [0.1, 0.15) is 31.2 Å². The zero-order valence-corrected chi connectivity index (χ0v) is 11.9. The maximum atomic E-state index is 11.9. The molecule has 4 nitrogen and oxygen atoms in total. The molecular formula is C14H19NO3S. The lowest BCUT2D eigenvalue weighted by Crippen LogP contribution is -2.34. The van der Waals surface area contributed by atoms with Crippen molar-refractivity contribution in [1.82, 2.24) is 5.32 Å². The summed E-state index contributed by atoms with van der Waals surface area (Å²) in [7, 11) is -3.29. The van der Waals surface area contributed by atoms with Crippen molar-refractivity contribution in [3.63, 3.8) is 0 Å². The van der Waals surface area contributed by atoms with Crippen molar-refractivity contribution >= 4 is 15.7 Å². The Labute approximate surface area is 114 Å². The lowest BCUT2D eigenvalue weighted by atomic mass is 10.1. The second-order valence-corrected chi connectivity index (χ2v) is 7.09. The van der Waals surface area contributed by atoms with Crippen molar-refractivity contribution in [2.75, 3.05) is 6.26 Å². The highest BCUT2D eigenvalue weighted by molar-refractivity contribution is 7.90. The molecule has 1 aliphatic carbocycles. The van der Waals surface area contributed by atoms with Gasteiger partial charge in [0.05, 0.1) is 11.3 Å². The van der Waals surface area contributed by atoms with Crippen LogP contribution < -0.4 is 5.32 Å². The molecule has 0 spiro atoms. The fraction of sp³-hybridized carbons (Fsp3) is 0.500. The number of nitrogens with one attached hydrogen (secondary N) is 1. The molecule has 0 aliphatic heterocycles. The van der Waals surface area contributed by atoms with E-state index in [0.29, 0.717) is 5.56 Å². The van der Waals surface area contributed by atoms with Gasteiger partial charge in [-0.05, 0) is 24.5 Å². The number of sulfone groups is 1. The van der Waals surface area contributed by atoms with Crippen LogP contribution >= 0.6 is 0 Å². The van der Waals surface area contributed by atoms with Crippen LogP contribution in [0.25, 0.3) is 0 Å². The molecule has 1 aliphatic rings. The lowest BCUT2D eigenvalue weighted by Gasteiger charge is -2.13. The number of carbonyl (C=O) groups excluding carboxylic acids is 1. The van der Waals surface area contributed by atoms with Crippen LogP contribution in [-0.4, -0.2) is 26.6 Å². The smallest absolute Gasteiger partial charge is 0.224 e. The van der Waals surface area contributed by atoms with Gasteiger partial charge >= 0.3 is 0 Å². The van der Waals surface area contributed by atoms with Crippen LogP contribution in [0.4, 0.5) is 0 Å².